The van der Waals surface area contributed by atoms with Gasteiger partial charge in [0.15, 0.2) is 18.1 Å². The summed E-state index contributed by atoms with van der Waals surface area (Å²) in [5.74, 6) is -1.71. The predicted molar refractivity (Wildman–Crippen MR) is 96.3 cm³/mol. The number of hydrogen-bond acceptors (Lipinski definition) is 10. The van der Waals surface area contributed by atoms with E-state index in [0.717, 1.165) is 0 Å². The van der Waals surface area contributed by atoms with Gasteiger partial charge in [-0.15, -0.1) is 0 Å². The number of amides is 1. The molecule has 0 aliphatic rings. The van der Waals surface area contributed by atoms with Gasteiger partial charge in [-0.25, -0.2) is 14.4 Å². The van der Waals surface area contributed by atoms with Crippen LogP contribution in [0.25, 0.3) is 0 Å². The van der Waals surface area contributed by atoms with Gasteiger partial charge in [-0.1, -0.05) is 0 Å². The van der Waals surface area contributed by atoms with Gasteiger partial charge < -0.3 is 23.6 Å². The fourth-order valence-electron chi connectivity index (χ4n) is 1.67. The molecule has 0 aromatic carbocycles. The fraction of sp³-hybridized carbons (Fsp3) is 0.600. The van der Waals surface area contributed by atoms with Crippen molar-refractivity contribution in [2.24, 2.45) is 0 Å². The molecular weight excluding hydrogens is 386 g/mol. The van der Waals surface area contributed by atoms with Crippen molar-refractivity contribution in [3.63, 3.8) is 0 Å². The first-order valence-electron chi connectivity index (χ1n) is 7.64. The van der Waals surface area contributed by atoms with Crippen LogP contribution in [0.5, 0.6) is 0 Å². The van der Waals surface area contributed by atoms with Gasteiger partial charge in [0.2, 0.25) is 5.91 Å². The van der Waals surface area contributed by atoms with Crippen LogP contribution in [0.1, 0.15) is 32.3 Å². The second-order valence-corrected chi connectivity index (χ2v) is 7.47. The lowest BCUT2D eigenvalue weighted by molar-refractivity contribution is -0.146. The van der Waals surface area contributed by atoms with Crippen LogP contribution < -0.4 is 11.1 Å². The topological polar surface area (TPSA) is 125 Å². The third kappa shape index (κ3) is 6.45. The van der Waals surface area contributed by atoms with Crippen molar-refractivity contribution in [2.45, 2.75) is 45.1 Å². The lowest BCUT2D eigenvalue weighted by atomic mass is 10.2. The van der Waals surface area contributed by atoms with Crippen molar-refractivity contribution >= 4 is 41.6 Å². The molecule has 1 rings (SSSR count). The van der Waals surface area contributed by atoms with Crippen LogP contribution in [0, 0.1) is 6.92 Å². The molecule has 9 nitrogen and oxygen atoms in total. The lowest BCUT2D eigenvalue weighted by Gasteiger charge is -2.24. The monoisotopic (exact) mass is 407 g/mol. The van der Waals surface area contributed by atoms with Crippen LogP contribution in [0.3, 0.4) is 0 Å². The van der Waals surface area contributed by atoms with Crippen LogP contribution in [-0.2, 0) is 25.7 Å². The number of esters is 1. The van der Waals surface area contributed by atoms with Gasteiger partial charge in [-0.3, -0.25) is 4.79 Å². The maximum atomic E-state index is 12.4. The highest BCUT2D eigenvalue weighted by Crippen LogP contribution is 2.27. The maximum Gasteiger partial charge on any atom is 0.519 e. The number of nitrogens with one attached hydrogen (secondary N) is 1. The highest BCUT2D eigenvalue weighted by molar-refractivity contribution is 8.15. The summed E-state index contributed by atoms with van der Waals surface area (Å²) in [7, 11) is 0. The minimum atomic E-state index is -1.23. The molecule has 0 saturated carbocycles. The quantitative estimate of drug-likeness (QED) is 0.489. The van der Waals surface area contributed by atoms with E-state index in [0.29, 0.717) is 11.8 Å². The summed E-state index contributed by atoms with van der Waals surface area (Å²) >= 11 is 4.63. The molecule has 146 valence electrons. The van der Waals surface area contributed by atoms with E-state index in [1.165, 1.54) is 20.8 Å². The Balaban J connectivity index is 2.61. The lowest BCUT2D eigenvalue weighted by Crippen LogP contribution is -2.50. The second kappa shape index (κ2) is 9.72. The highest BCUT2D eigenvalue weighted by Gasteiger charge is 2.35. The zero-order valence-corrected chi connectivity index (χ0v) is 16.5. The molecule has 1 heterocycles. The molecule has 1 aromatic heterocycles. The summed E-state index contributed by atoms with van der Waals surface area (Å²) in [6, 6.07) is -0.926. The SMILES string of the molecule is CCOC(=O)[C@H](CS)NC(=O)C(C)(C)SC(=O)OCc1oc(=O)oc1C. The molecule has 1 amide bonds. The van der Waals surface area contributed by atoms with Gasteiger partial charge >= 0.3 is 17.1 Å². The molecule has 1 aromatic rings. The van der Waals surface area contributed by atoms with Crippen LogP contribution in [-0.4, -0.2) is 40.3 Å². The molecule has 0 radical (unpaired) electrons. The average molecular weight is 407 g/mol. The minimum Gasteiger partial charge on any atom is -0.464 e. The van der Waals surface area contributed by atoms with Crippen molar-refractivity contribution in [3.05, 3.63) is 22.1 Å². The van der Waals surface area contributed by atoms with Gasteiger partial charge in [0.25, 0.3) is 0 Å². The smallest absolute Gasteiger partial charge is 0.464 e. The Bertz CT molecular complexity index is 709. The van der Waals surface area contributed by atoms with Crippen molar-refractivity contribution in [2.75, 3.05) is 12.4 Å². The number of aryl methyl sites for hydroxylation is 1. The number of thioether (sulfide) groups is 1. The first-order chi connectivity index (χ1) is 12.1. The Morgan fingerprint density at radius 1 is 1.27 bits per heavy atom. The first kappa shape index (κ1) is 22.2. The Labute approximate surface area is 159 Å². The summed E-state index contributed by atoms with van der Waals surface area (Å²) in [5.41, 5.74) is 0. The molecule has 0 fully saturated rings. The van der Waals surface area contributed by atoms with E-state index in [9.17, 15) is 19.2 Å². The van der Waals surface area contributed by atoms with Gasteiger partial charge in [0.05, 0.1) is 11.4 Å². The number of hydrogen-bond donors (Lipinski definition) is 2. The van der Waals surface area contributed by atoms with Crippen molar-refractivity contribution < 1.29 is 32.7 Å². The summed E-state index contributed by atoms with van der Waals surface area (Å²) < 4.78 is 17.9. The van der Waals surface area contributed by atoms with Crippen LogP contribution in [0.4, 0.5) is 4.79 Å². The number of thiol groups is 1. The Hall–Kier alpha value is -1.88. The number of carbonyl (C=O) groups is 3. The average Bonchev–Trinajstić information content (AvgIpc) is 2.87. The molecule has 11 heteroatoms. The molecule has 0 aliphatic carbocycles. The fourth-order valence-corrected chi connectivity index (χ4v) is 2.60. The molecule has 0 aliphatic heterocycles. The van der Waals surface area contributed by atoms with Crippen molar-refractivity contribution in [1.29, 1.82) is 0 Å². The van der Waals surface area contributed by atoms with E-state index in [-0.39, 0.29) is 30.5 Å². The van der Waals surface area contributed by atoms with E-state index in [2.05, 4.69) is 22.4 Å². The molecule has 0 saturated heterocycles. The standard InChI is InChI=1S/C15H21NO8S2/c1-5-21-11(17)9(7-25)16-12(18)15(3,4)26-14(20)22-6-10-8(2)23-13(19)24-10/h9,25H,5-7H2,1-4H3,(H,16,18)/t9-/m0/s1. The van der Waals surface area contributed by atoms with Crippen LogP contribution in [0.2, 0.25) is 0 Å². The third-order valence-electron chi connectivity index (χ3n) is 3.10. The van der Waals surface area contributed by atoms with Gasteiger partial charge in [-0.05, 0) is 39.5 Å². The van der Waals surface area contributed by atoms with E-state index in [4.69, 9.17) is 13.9 Å². The second-order valence-electron chi connectivity index (χ2n) is 5.55. The van der Waals surface area contributed by atoms with Crippen molar-refractivity contribution in [1.82, 2.24) is 5.32 Å². The van der Waals surface area contributed by atoms with Gasteiger partial charge in [-0.2, -0.15) is 12.6 Å². The third-order valence-corrected chi connectivity index (χ3v) is 4.45. The molecule has 1 atom stereocenters. The largest absolute Gasteiger partial charge is 0.519 e. The summed E-state index contributed by atoms with van der Waals surface area (Å²) in [6.07, 6.45) is 0. The van der Waals surface area contributed by atoms with E-state index >= 15 is 0 Å². The normalized spacial score (nSPS) is 12.3. The number of carbonyl (C=O) groups excluding carboxylic acids is 3. The number of rotatable bonds is 8. The predicted octanol–water partition coefficient (Wildman–Crippen LogP) is 1.67. The first-order valence-corrected chi connectivity index (χ1v) is 9.09. The van der Waals surface area contributed by atoms with E-state index < -0.39 is 33.8 Å². The molecule has 1 N–H and O–H groups in total. The molecule has 26 heavy (non-hydrogen) atoms. The maximum absolute atomic E-state index is 12.4. The van der Waals surface area contributed by atoms with E-state index in [1.54, 1.807) is 6.92 Å². The zero-order chi connectivity index (χ0) is 19.9. The molecule has 0 unspecified atom stereocenters. The minimum absolute atomic E-state index is 0.0502. The molecular formula is C15H21NO8S2. The van der Waals surface area contributed by atoms with Gasteiger partial charge in [0.1, 0.15) is 6.04 Å². The van der Waals surface area contributed by atoms with Crippen LogP contribution in [0.15, 0.2) is 13.6 Å². The Morgan fingerprint density at radius 2 is 1.92 bits per heavy atom. The summed E-state index contributed by atoms with van der Waals surface area (Å²) in [6.45, 7) is 6.01. The van der Waals surface area contributed by atoms with E-state index in [1.807, 2.05) is 0 Å². The highest BCUT2D eigenvalue weighted by atomic mass is 32.2. The zero-order valence-electron chi connectivity index (χ0n) is 14.8. The number of ether oxygens (including phenoxy) is 2. The Kier molecular flexibility index (Phi) is 8.28. The summed E-state index contributed by atoms with van der Waals surface area (Å²) in [5, 5.41) is 1.73. The summed E-state index contributed by atoms with van der Waals surface area (Å²) in [4.78, 5) is 47.0. The van der Waals surface area contributed by atoms with Crippen LogP contribution >= 0.6 is 24.4 Å². The Morgan fingerprint density at radius 3 is 2.42 bits per heavy atom. The van der Waals surface area contributed by atoms with Crippen molar-refractivity contribution in [3.8, 4) is 0 Å². The molecule has 0 bridgehead atoms. The molecule has 0 spiro atoms. The van der Waals surface area contributed by atoms with Gasteiger partial charge in [0, 0.05) is 5.75 Å².